The predicted octanol–water partition coefficient (Wildman–Crippen LogP) is 3.26. The molecular formula is C22H35ClIN7O. The molecule has 0 saturated carbocycles. The summed E-state index contributed by atoms with van der Waals surface area (Å²) in [6.07, 6.45) is 1.86. The summed E-state index contributed by atoms with van der Waals surface area (Å²) in [6, 6.07) is 8.47. The molecule has 1 aliphatic rings. The fourth-order valence-corrected chi connectivity index (χ4v) is 4.36. The molecular weight excluding hydrogens is 541 g/mol. The molecule has 0 fully saturated rings. The van der Waals surface area contributed by atoms with Crippen molar-refractivity contribution in [3.63, 3.8) is 0 Å². The number of aryl methyl sites for hydroxylation is 1. The summed E-state index contributed by atoms with van der Waals surface area (Å²) < 4.78 is 7.13. The van der Waals surface area contributed by atoms with Crippen LogP contribution in [-0.2, 0) is 24.3 Å². The Morgan fingerprint density at radius 3 is 2.75 bits per heavy atom. The van der Waals surface area contributed by atoms with E-state index in [4.69, 9.17) is 16.3 Å². The lowest BCUT2D eigenvalue weighted by atomic mass is 10.0. The standard InChI is InChI=1S/C22H34ClN7O.HI/c1-5-29(6-2)19(17-9-7-8-10-18(17)23)13-25-22(24-3)26-16-11-12-21-27-20(15-31-4)28-30(21)14-16;/h7-10,16,19H,5-6,11-15H2,1-4H3,(H2,24,25,26);1H. The minimum Gasteiger partial charge on any atom is -0.377 e. The van der Waals surface area contributed by atoms with E-state index in [0.29, 0.717) is 13.2 Å². The van der Waals surface area contributed by atoms with Crippen molar-refractivity contribution in [2.24, 2.45) is 4.99 Å². The van der Waals surface area contributed by atoms with Crippen LogP contribution in [0.4, 0.5) is 0 Å². The normalized spacial score (nSPS) is 16.9. The van der Waals surface area contributed by atoms with Gasteiger partial charge in [-0.05, 0) is 31.1 Å². The monoisotopic (exact) mass is 575 g/mol. The maximum atomic E-state index is 6.53. The van der Waals surface area contributed by atoms with E-state index in [9.17, 15) is 0 Å². The van der Waals surface area contributed by atoms with Gasteiger partial charge in [0, 0.05) is 38.2 Å². The molecule has 2 N–H and O–H groups in total. The summed E-state index contributed by atoms with van der Waals surface area (Å²) in [4.78, 5) is 11.4. The Hall–Kier alpha value is -1.43. The Balaban J connectivity index is 0.00000363. The quantitative estimate of drug-likeness (QED) is 0.272. The minimum atomic E-state index is 0. The van der Waals surface area contributed by atoms with Crippen LogP contribution in [0.15, 0.2) is 29.3 Å². The second-order valence-corrected chi connectivity index (χ2v) is 8.06. The number of aromatic nitrogens is 3. The second kappa shape index (κ2) is 13.3. The zero-order valence-electron chi connectivity index (χ0n) is 19.3. The third kappa shape index (κ3) is 6.79. The Kier molecular flexibility index (Phi) is 11.2. The van der Waals surface area contributed by atoms with E-state index in [-0.39, 0.29) is 36.1 Å². The van der Waals surface area contributed by atoms with Gasteiger partial charge in [0.25, 0.3) is 0 Å². The number of nitrogens with one attached hydrogen (secondary N) is 2. The van der Waals surface area contributed by atoms with Gasteiger partial charge in [0.15, 0.2) is 11.8 Å². The van der Waals surface area contributed by atoms with Gasteiger partial charge in [-0.15, -0.1) is 24.0 Å². The van der Waals surface area contributed by atoms with Crippen molar-refractivity contribution in [2.75, 3.05) is 33.8 Å². The third-order valence-corrected chi connectivity index (χ3v) is 6.06. The number of hydrogen-bond acceptors (Lipinski definition) is 5. The van der Waals surface area contributed by atoms with Gasteiger partial charge in [-0.1, -0.05) is 43.6 Å². The van der Waals surface area contributed by atoms with Gasteiger partial charge in [-0.25, -0.2) is 9.67 Å². The smallest absolute Gasteiger partial charge is 0.191 e. The molecule has 178 valence electrons. The van der Waals surface area contributed by atoms with E-state index in [1.165, 1.54) is 0 Å². The summed E-state index contributed by atoms with van der Waals surface area (Å²) in [5.74, 6) is 2.55. The number of likely N-dealkylation sites (N-methyl/N-ethyl adjacent to an activating group) is 1. The first-order valence-electron chi connectivity index (χ1n) is 11.0. The molecule has 8 nitrogen and oxygen atoms in total. The Morgan fingerprint density at radius 1 is 1.34 bits per heavy atom. The Labute approximate surface area is 213 Å². The van der Waals surface area contributed by atoms with Crippen LogP contribution in [0.2, 0.25) is 5.02 Å². The average Bonchev–Trinajstić information content (AvgIpc) is 3.18. The maximum Gasteiger partial charge on any atom is 0.191 e. The maximum absolute atomic E-state index is 6.53. The van der Waals surface area contributed by atoms with E-state index >= 15 is 0 Å². The lowest BCUT2D eigenvalue weighted by Crippen LogP contribution is -2.49. The fourth-order valence-electron chi connectivity index (χ4n) is 4.10. The molecule has 1 aliphatic heterocycles. The molecule has 1 aromatic heterocycles. The predicted molar refractivity (Wildman–Crippen MR) is 140 cm³/mol. The summed E-state index contributed by atoms with van der Waals surface area (Å²) in [6.45, 7) is 8.16. The van der Waals surface area contributed by atoms with Crippen molar-refractivity contribution in [1.82, 2.24) is 30.3 Å². The molecule has 0 saturated heterocycles. The number of nitrogens with zero attached hydrogens (tertiary/aromatic N) is 5. The number of hydrogen-bond donors (Lipinski definition) is 2. The summed E-state index contributed by atoms with van der Waals surface area (Å²) in [7, 11) is 3.46. The number of halogens is 2. The SMILES string of the molecule is CCN(CC)C(CNC(=NC)NC1CCc2nc(COC)nn2C1)c1ccccc1Cl.I. The lowest BCUT2D eigenvalue weighted by molar-refractivity contribution is 0.177. The average molecular weight is 576 g/mol. The van der Waals surface area contributed by atoms with Gasteiger partial charge in [-0.3, -0.25) is 9.89 Å². The highest BCUT2D eigenvalue weighted by molar-refractivity contribution is 14.0. The first kappa shape index (κ1) is 26.8. The van der Waals surface area contributed by atoms with Crippen LogP contribution >= 0.6 is 35.6 Å². The highest BCUT2D eigenvalue weighted by atomic mass is 127. The zero-order valence-corrected chi connectivity index (χ0v) is 22.4. The molecule has 2 aromatic rings. The number of rotatable bonds is 9. The van der Waals surface area contributed by atoms with Gasteiger partial charge in [-0.2, -0.15) is 5.10 Å². The molecule has 0 bridgehead atoms. The largest absolute Gasteiger partial charge is 0.377 e. The van der Waals surface area contributed by atoms with Crippen molar-refractivity contribution < 1.29 is 4.74 Å². The molecule has 32 heavy (non-hydrogen) atoms. The van der Waals surface area contributed by atoms with E-state index in [1.54, 1.807) is 14.2 Å². The Morgan fingerprint density at radius 2 is 2.09 bits per heavy atom. The van der Waals surface area contributed by atoms with Crippen molar-refractivity contribution in [3.8, 4) is 0 Å². The molecule has 3 rings (SSSR count). The van der Waals surface area contributed by atoms with Crippen LogP contribution in [0.25, 0.3) is 0 Å². The number of methoxy groups -OCH3 is 1. The fraction of sp³-hybridized carbons (Fsp3) is 0.591. The molecule has 2 heterocycles. The molecule has 2 unspecified atom stereocenters. The van der Waals surface area contributed by atoms with E-state index in [0.717, 1.165) is 60.7 Å². The number of benzene rings is 1. The second-order valence-electron chi connectivity index (χ2n) is 7.65. The van der Waals surface area contributed by atoms with Crippen molar-refractivity contribution in [3.05, 3.63) is 46.5 Å². The van der Waals surface area contributed by atoms with Crippen molar-refractivity contribution >= 4 is 41.5 Å². The lowest BCUT2D eigenvalue weighted by Gasteiger charge is -2.32. The van der Waals surface area contributed by atoms with Crippen molar-refractivity contribution in [1.29, 1.82) is 0 Å². The number of ether oxygens (including phenoxy) is 1. The van der Waals surface area contributed by atoms with Gasteiger partial charge >= 0.3 is 0 Å². The molecule has 1 aromatic carbocycles. The first-order valence-corrected chi connectivity index (χ1v) is 11.3. The van der Waals surface area contributed by atoms with Crippen molar-refractivity contribution in [2.45, 2.75) is 51.9 Å². The molecule has 0 aliphatic carbocycles. The van der Waals surface area contributed by atoms with E-state index in [2.05, 4.69) is 50.5 Å². The van der Waals surface area contributed by atoms with Crippen LogP contribution in [0.1, 0.15) is 43.5 Å². The van der Waals surface area contributed by atoms with Gasteiger partial charge in [0.1, 0.15) is 12.4 Å². The highest BCUT2D eigenvalue weighted by Gasteiger charge is 2.24. The van der Waals surface area contributed by atoms with E-state index in [1.807, 2.05) is 22.9 Å². The molecule has 2 atom stereocenters. The van der Waals surface area contributed by atoms with Gasteiger partial charge in [0.2, 0.25) is 0 Å². The van der Waals surface area contributed by atoms with Crippen LogP contribution in [0.5, 0.6) is 0 Å². The Bertz CT molecular complexity index is 872. The first-order chi connectivity index (χ1) is 15.1. The zero-order chi connectivity index (χ0) is 22.2. The van der Waals surface area contributed by atoms with Crippen LogP contribution in [0, 0.1) is 0 Å². The minimum absolute atomic E-state index is 0. The van der Waals surface area contributed by atoms with Crippen LogP contribution < -0.4 is 10.6 Å². The topological polar surface area (TPSA) is 79.6 Å². The number of guanidine groups is 1. The summed E-state index contributed by atoms with van der Waals surface area (Å²) in [5.41, 5.74) is 1.13. The highest BCUT2D eigenvalue weighted by Crippen LogP contribution is 2.27. The third-order valence-electron chi connectivity index (χ3n) is 5.72. The van der Waals surface area contributed by atoms with E-state index < -0.39 is 0 Å². The van der Waals surface area contributed by atoms with Gasteiger partial charge < -0.3 is 15.4 Å². The van der Waals surface area contributed by atoms with Crippen LogP contribution in [-0.4, -0.2) is 65.5 Å². The molecule has 0 spiro atoms. The number of fused-ring (bicyclic) bond motifs is 1. The van der Waals surface area contributed by atoms with Crippen LogP contribution in [0.3, 0.4) is 0 Å². The molecule has 0 amide bonds. The molecule has 10 heteroatoms. The van der Waals surface area contributed by atoms with Gasteiger partial charge in [0.05, 0.1) is 12.6 Å². The summed E-state index contributed by atoms with van der Waals surface area (Å²) >= 11 is 6.53. The summed E-state index contributed by atoms with van der Waals surface area (Å²) in [5, 5.41) is 12.4. The number of aliphatic imine (C=N–C) groups is 1. The molecule has 0 radical (unpaired) electrons.